The smallest absolute Gasteiger partial charge is 0.179 e. The number of halogens is 1. The van der Waals surface area contributed by atoms with Crippen LogP contribution >= 0.6 is 11.6 Å². The fourth-order valence-corrected chi connectivity index (χ4v) is 1.81. The largest absolute Gasteiger partial charge is 0.493 e. The van der Waals surface area contributed by atoms with E-state index < -0.39 is 0 Å². The third kappa shape index (κ3) is 5.27. The van der Waals surface area contributed by atoms with Gasteiger partial charge >= 0.3 is 0 Å². The maximum absolute atomic E-state index is 9.10. The monoisotopic (exact) mass is 288 g/mol. The summed E-state index contributed by atoms with van der Waals surface area (Å²) in [6, 6.07) is 3.37. The topological polar surface area (TPSA) is 47.9 Å². The first-order chi connectivity index (χ1) is 9.08. The van der Waals surface area contributed by atoms with Gasteiger partial charge in [0.05, 0.1) is 25.3 Å². The second kappa shape index (κ2) is 8.25. The van der Waals surface area contributed by atoms with Crippen LogP contribution < -0.4 is 9.47 Å². The van der Waals surface area contributed by atoms with Gasteiger partial charge in [-0.2, -0.15) is 0 Å². The third-order valence-electron chi connectivity index (χ3n) is 2.40. The van der Waals surface area contributed by atoms with Gasteiger partial charge < -0.3 is 19.3 Å². The molecule has 1 rings (SSSR count). The molecule has 0 heterocycles. The molecule has 0 aromatic heterocycles. The quantitative estimate of drug-likeness (QED) is 0.747. The van der Waals surface area contributed by atoms with E-state index in [9.17, 15) is 0 Å². The lowest BCUT2D eigenvalue weighted by Gasteiger charge is -2.14. The van der Waals surface area contributed by atoms with Gasteiger partial charge in [0.1, 0.15) is 6.61 Å². The molecule has 0 aliphatic rings. The van der Waals surface area contributed by atoms with Crippen molar-refractivity contribution in [2.45, 2.75) is 20.5 Å². The van der Waals surface area contributed by atoms with Crippen molar-refractivity contribution in [2.24, 2.45) is 5.92 Å². The highest BCUT2D eigenvalue weighted by molar-refractivity contribution is 6.32. The number of ether oxygens (including phenoxy) is 3. The molecule has 0 aliphatic heterocycles. The molecule has 19 heavy (non-hydrogen) atoms. The molecule has 0 saturated carbocycles. The summed E-state index contributed by atoms with van der Waals surface area (Å²) in [5, 5.41) is 9.52. The van der Waals surface area contributed by atoms with Crippen molar-refractivity contribution in [3.8, 4) is 11.5 Å². The van der Waals surface area contributed by atoms with E-state index in [0.29, 0.717) is 47.8 Å². The molecule has 108 valence electrons. The van der Waals surface area contributed by atoms with Gasteiger partial charge in [0.25, 0.3) is 0 Å². The first-order valence-electron chi connectivity index (χ1n) is 6.26. The zero-order chi connectivity index (χ0) is 14.3. The predicted molar refractivity (Wildman–Crippen MR) is 75.1 cm³/mol. The van der Waals surface area contributed by atoms with E-state index in [0.717, 1.165) is 0 Å². The molecule has 1 aromatic carbocycles. The van der Waals surface area contributed by atoms with Gasteiger partial charge in [-0.05, 0) is 23.6 Å². The molecule has 0 saturated heterocycles. The van der Waals surface area contributed by atoms with E-state index in [1.165, 1.54) is 7.11 Å². The molecule has 0 bridgehead atoms. The van der Waals surface area contributed by atoms with Crippen molar-refractivity contribution in [1.29, 1.82) is 0 Å². The van der Waals surface area contributed by atoms with Crippen LogP contribution in [0.3, 0.4) is 0 Å². The Morgan fingerprint density at radius 1 is 1.26 bits per heavy atom. The van der Waals surface area contributed by atoms with Crippen molar-refractivity contribution in [2.75, 3.05) is 26.9 Å². The number of hydrogen-bond acceptors (Lipinski definition) is 4. The maximum Gasteiger partial charge on any atom is 0.179 e. The Labute approximate surface area is 119 Å². The third-order valence-corrected chi connectivity index (χ3v) is 2.68. The van der Waals surface area contributed by atoms with Crippen LogP contribution in [0.5, 0.6) is 11.5 Å². The van der Waals surface area contributed by atoms with E-state index in [2.05, 4.69) is 13.8 Å². The fourth-order valence-electron chi connectivity index (χ4n) is 1.53. The van der Waals surface area contributed by atoms with Gasteiger partial charge in [-0.3, -0.25) is 0 Å². The first kappa shape index (κ1) is 16.1. The lowest BCUT2D eigenvalue weighted by atomic mass is 10.2. The molecule has 0 fully saturated rings. The Kier molecular flexibility index (Phi) is 6.99. The van der Waals surface area contributed by atoms with Gasteiger partial charge in [0.15, 0.2) is 11.5 Å². The lowest BCUT2D eigenvalue weighted by molar-refractivity contribution is 0.0811. The summed E-state index contributed by atoms with van der Waals surface area (Å²) >= 11 is 6.10. The summed E-state index contributed by atoms with van der Waals surface area (Å²) in [5.41, 5.74) is 0.685. The lowest BCUT2D eigenvalue weighted by Crippen LogP contribution is -2.11. The van der Waals surface area contributed by atoms with Crippen LogP contribution in [0, 0.1) is 5.92 Å². The van der Waals surface area contributed by atoms with Crippen molar-refractivity contribution in [1.82, 2.24) is 0 Å². The average molecular weight is 289 g/mol. The van der Waals surface area contributed by atoms with Crippen LogP contribution in [0.4, 0.5) is 0 Å². The summed E-state index contributed by atoms with van der Waals surface area (Å²) in [6.07, 6.45) is 0. The Morgan fingerprint density at radius 3 is 2.58 bits per heavy atom. The number of benzene rings is 1. The van der Waals surface area contributed by atoms with E-state index in [-0.39, 0.29) is 6.61 Å². The molecular formula is C14H21ClO4. The fraction of sp³-hybridized carbons (Fsp3) is 0.571. The number of aliphatic hydroxyl groups is 1. The van der Waals surface area contributed by atoms with E-state index in [1.54, 1.807) is 12.1 Å². The minimum Gasteiger partial charge on any atom is -0.493 e. The minimum absolute atomic E-state index is 0.0894. The number of rotatable bonds is 8. The second-order valence-corrected chi connectivity index (χ2v) is 4.99. The molecule has 0 amide bonds. The number of hydrogen-bond donors (Lipinski definition) is 1. The Hall–Kier alpha value is -0.970. The molecule has 0 atom stereocenters. The summed E-state index contributed by atoms with van der Waals surface area (Å²) < 4.78 is 16.2. The molecule has 0 aliphatic carbocycles. The molecule has 1 aromatic rings. The average Bonchev–Trinajstić information content (AvgIpc) is 2.38. The molecule has 0 unspecified atom stereocenters. The van der Waals surface area contributed by atoms with E-state index in [4.69, 9.17) is 30.9 Å². The van der Waals surface area contributed by atoms with Crippen LogP contribution in [0.2, 0.25) is 5.02 Å². The summed E-state index contributed by atoms with van der Waals surface area (Å²) in [6.45, 7) is 5.70. The van der Waals surface area contributed by atoms with E-state index in [1.807, 2.05) is 0 Å². The van der Waals surface area contributed by atoms with Crippen LogP contribution in [0.1, 0.15) is 19.4 Å². The Balaban J connectivity index is 2.57. The van der Waals surface area contributed by atoms with Crippen LogP contribution in [0.25, 0.3) is 0 Å². The Bertz CT molecular complexity index is 393. The predicted octanol–water partition coefficient (Wildman–Crippen LogP) is 2.89. The van der Waals surface area contributed by atoms with Crippen LogP contribution in [-0.2, 0) is 11.3 Å². The molecule has 0 spiro atoms. The number of methoxy groups -OCH3 is 1. The minimum atomic E-state index is -0.0894. The highest BCUT2D eigenvalue weighted by Crippen LogP contribution is 2.36. The zero-order valence-corrected chi connectivity index (χ0v) is 12.4. The standard InChI is InChI=1S/C14H21ClO4/c1-10(2)9-18-4-5-19-14-12(15)6-11(8-16)7-13(14)17-3/h6-7,10,16H,4-5,8-9H2,1-3H3. The molecule has 0 radical (unpaired) electrons. The normalized spacial score (nSPS) is 10.8. The van der Waals surface area contributed by atoms with Gasteiger partial charge in [0, 0.05) is 6.61 Å². The maximum atomic E-state index is 9.10. The molecular weight excluding hydrogens is 268 g/mol. The summed E-state index contributed by atoms with van der Waals surface area (Å²) in [5.74, 6) is 1.50. The first-order valence-corrected chi connectivity index (χ1v) is 6.64. The molecule has 1 N–H and O–H groups in total. The zero-order valence-electron chi connectivity index (χ0n) is 11.6. The van der Waals surface area contributed by atoms with Crippen molar-refractivity contribution < 1.29 is 19.3 Å². The van der Waals surface area contributed by atoms with E-state index >= 15 is 0 Å². The Morgan fingerprint density at radius 2 is 2.00 bits per heavy atom. The second-order valence-electron chi connectivity index (χ2n) is 4.58. The molecule has 4 nitrogen and oxygen atoms in total. The van der Waals surface area contributed by atoms with Crippen molar-refractivity contribution in [3.05, 3.63) is 22.7 Å². The van der Waals surface area contributed by atoms with Gasteiger partial charge in [-0.25, -0.2) is 0 Å². The van der Waals surface area contributed by atoms with Crippen molar-refractivity contribution >= 4 is 11.6 Å². The highest BCUT2D eigenvalue weighted by Gasteiger charge is 2.11. The van der Waals surface area contributed by atoms with Gasteiger partial charge in [-0.1, -0.05) is 25.4 Å². The molecule has 5 heteroatoms. The van der Waals surface area contributed by atoms with Crippen LogP contribution in [-0.4, -0.2) is 32.0 Å². The summed E-state index contributed by atoms with van der Waals surface area (Å²) in [7, 11) is 1.54. The van der Waals surface area contributed by atoms with Crippen LogP contribution in [0.15, 0.2) is 12.1 Å². The summed E-state index contributed by atoms with van der Waals surface area (Å²) in [4.78, 5) is 0. The van der Waals surface area contributed by atoms with Crippen molar-refractivity contribution in [3.63, 3.8) is 0 Å². The highest BCUT2D eigenvalue weighted by atomic mass is 35.5. The SMILES string of the molecule is COc1cc(CO)cc(Cl)c1OCCOCC(C)C. The number of aliphatic hydroxyl groups excluding tert-OH is 1. The van der Waals surface area contributed by atoms with Gasteiger partial charge in [0.2, 0.25) is 0 Å². The van der Waals surface area contributed by atoms with Gasteiger partial charge in [-0.15, -0.1) is 0 Å².